The van der Waals surface area contributed by atoms with Crippen molar-refractivity contribution in [2.24, 2.45) is 5.92 Å². The second kappa shape index (κ2) is 9.07. The van der Waals surface area contributed by atoms with E-state index < -0.39 is 12.0 Å². The van der Waals surface area contributed by atoms with Gasteiger partial charge < -0.3 is 20.6 Å². The van der Waals surface area contributed by atoms with E-state index in [0.717, 1.165) is 56.6 Å². The summed E-state index contributed by atoms with van der Waals surface area (Å²) < 4.78 is 28.2. The zero-order chi connectivity index (χ0) is 23.9. The van der Waals surface area contributed by atoms with Crippen LogP contribution in [0.5, 0.6) is 0 Å². The zero-order valence-corrected chi connectivity index (χ0v) is 19.5. The zero-order valence-electron chi connectivity index (χ0n) is 19.5. The minimum atomic E-state index is -2.56. The van der Waals surface area contributed by atoms with Gasteiger partial charge in [0.25, 0.3) is 6.43 Å². The molecule has 3 N–H and O–H groups in total. The van der Waals surface area contributed by atoms with Gasteiger partial charge in [0, 0.05) is 31.2 Å². The number of fused-ring (bicyclic) bond motifs is 1. The molecule has 10 heteroatoms. The average molecular weight is 472 g/mol. The second-order valence-corrected chi connectivity index (χ2v) is 10.0. The van der Waals surface area contributed by atoms with E-state index in [4.69, 9.17) is 9.97 Å². The Bertz CT molecular complexity index is 1150. The molecule has 1 atom stereocenters. The molecule has 2 fully saturated rings. The number of aromatic nitrogens is 4. The molecule has 0 amide bonds. The fraction of sp³-hybridized carbons (Fsp3) is 0.542. The van der Waals surface area contributed by atoms with E-state index in [-0.39, 0.29) is 11.6 Å². The third-order valence-corrected chi connectivity index (χ3v) is 6.45. The third-order valence-electron chi connectivity index (χ3n) is 6.45. The van der Waals surface area contributed by atoms with Gasteiger partial charge >= 0.3 is 0 Å². The summed E-state index contributed by atoms with van der Waals surface area (Å²) in [5.41, 5.74) is 0.345. The summed E-state index contributed by atoms with van der Waals surface area (Å²) in [7, 11) is 0. The molecule has 34 heavy (non-hydrogen) atoms. The molecule has 4 heterocycles. The molecule has 0 unspecified atom stereocenters. The van der Waals surface area contributed by atoms with Crippen molar-refractivity contribution in [3.05, 3.63) is 36.0 Å². The van der Waals surface area contributed by atoms with Gasteiger partial charge in [0.05, 0.1) is 22.9 Å². The molecular formula is C24H31F2N7O. The van der Waals surface area contributed by atoms with Crippen LogP contribution in [0, 0.1) is 5.92 Å². The minimum Gasteiger partial charge on any atom is -0.390 e. The monoisotopic (exact) mass is 471 g/mol. The highest BCUT2D eigenvalue weighted by Gasteiger charge is 2.34. The van der Waals surface area contributed by atoms with Crippen LogP contribution in [0.2, 0.25) is 0 Å². The van der Waals surface area contributed by atoms with Crippen LogP contribution in [0.25, 0.3) is 16.7 Å². The Morgan fingerprint density at radius 1 is 1.26 bits per heavy atom. The molecule has 0 aliphatic carbocycles. The highest BCUT2D eigenvalue weighted by Crippen LogP contribution is 2.34. The number of benzene rings is 1. The third kappa shape index (κ3) is 4.83. The SMILES string of the molecule is CC(C)(O)CC1CN(c2nc(N[C@H]3CCCNC3)nc3c2cnn3-c2cccc(C(F)F)c2)C1. The fourth-order valence-electron chi connectivity index (χ4n) is 4.92. The van der Waals surface area contributed by atoms with Gasteiger partial charge in [0.1, 0.15) is 5.82 Å². The number of alkyl halides is 2. The Hall–Kier alpha value is -2.85. The Balaban J connectivity index is 1.51. The molecular weight excluding hydrogens is 440 g/mol. The number of nitrogens with zero attached hydrogens (tertiary/aromatic N) is 5. The summed E-state index contributed by atoms with van der Waals surface area (Å²) >= 11 is 0. The summed E-state index contributed by atoms with van der Waals surface area (Å²) in [6.07, 6.45) is 1.97. The van der Waals surface area contributed by atoms with E-state index in [1.165, 1.54) is 12.1 Å². The molecule has 1 aromatic carbocycles. The van der Waals surface area contributed by atoms with E-state index in [9.17, 15) is 13.9 Å². The predicted molar refractivity (Wildman–Crippen MR) is 128 cm³/mol. The first-order chi connectivity index (χ1) is 16.3. The van der Waals surface area contributed by atoms with Crippen molar-refractivity contribution >= 4 is 22.8 Å². The molecule has 3 aromatic rings. The fourth-order valence-corrected chi connectivity index (χ4v) is 4.92. The van der Waals surface area contributed by atoms with Crippen molar-refractivity contribution in [3.63, 3.8) is 0 Å². The lowest BCUT2D eigenvalue weighted by Crippen LogP contribution is -2.49. The van der Waals surface area contributed by atoms with Crippen LogP contribution in [0.4, 0.5) is 20.5 Å². The average Bonchev–Trinajstić information content (AvgIpc) is 3.20. The molecule has 2 saturated heterocycles. The molecule has 5 rings (SSSR count). The van der Waals surface area contributed by atoms with Crippen molar-refractivity contribution in [2.45, 2.75) is 51.2 Å². The lowest BCUT2D eigenvalue weighted by Gasteiger charge is -2.42. The minimum absolute atomic E-state index is 0.0562. The summed E-state index contributed by atoms with van der Waals surface area (Å²) in [6.45, 7) is 7.07. The molecule has 0 bridgehead atoms. The lowest BCUT2D eigenvalue weighted by molar-refractivity contribution is 0.0474. The first-order valence-electron chi connectivity index (χ1n) is 11.9. The second-order valence-electron chi connectivity index (χ2n) is 10.0. The summed E-state index contributed by atoms with van der Waals surface area (Å²) in [4.78, 5) is 11.8. The quantitative estimate of drug-likeness (QED) is 0.486. The number of halogens is 2. The van der Waals surface area contributed by atoms with Crippen LogP contribution in [0.15, 0.2) is 30.5 Å². The number of hydrogen-bond donors (Lipinski definition) is 3. The normalized spacial score (nSPS) is 19.6. The largest absolute Gasteiger partial charge is 0.390 e. The molecule has 0 spiro atoms. The van der Waals surface area contributed by atoms with Gasteiger partial charge in [0.15, 0.2) is 5.65 Å². The number of piperidine rings is 1. The van der Waals surface area contributed by atoms with Crippen molar-refractivity contribution < 1.29 is 13.9 Å². The number of rotatable bonds is 7. The highest BCUT2D eigenvalue weighted by molar-refractivity contribution is 5.89. The van der Waals surface area contributed by atoms with Crippen molar-refractivity contribution in [1.82, 2.24) is 25.1 Å². The van der Waals surface area contributed by atoms with E-state index in [2.05, 4.69) is 20.6 Å². The molecule has 2 aliphatic heterocycles. The first kappa shape index (κ1) is 22.9. The number of hydrogen-bond acceptors (Lipinski definition) is 7. The maximum Gasteiger partial charge on any atom is 0.263 e. The Morgan fingerprint density at radius 3 is 2.79 bits per heavy atom. The van der Waals surface area contributed by atoms with Crippen LogP contribution in [-0.2, 0) is 0 Å². The van der Waals surface area contributed by atoms with Gasteiger partial charge in [-0.05, 0) is 57.7 Å². The van der Waals surface area contributed by atoms with E-state index in [0.29, 0.717) is 23.2 Å². The van der Waals surface area contributed by atoms with Crippen LogP contribution >= 0.6 is 0 Å². The van der Waals surface area contributed by atoms with E-state index >= 15 is 0 Å². The standard InChI is InChI=1S/C24H31F2N7O/c1-24(2,34)10-15-13-32(14-15)21-19-12-28-33(18-7-3-5-16(9-18)20(25)26)22(19)31-23(30-21)29-17-6-4-8-27-11-17/h3,5,7,9,12,15,17,20,27,34H,4,6,8,10-11,13-14H2,1-2H3,(H,29,30,31)/t17-/m0/s1. The maximum atomic E-state index is 13.3. The molecule has 0 saturated carbocycles. The summed E-state index contributed by atoms with van der Waals surface area (Å²) in [5.74, 6) is 1.66. The Morgan fingerprint density at radius 2 is 2.09 bits per heavy atom. The van der Waals surface area contributed by atoms with Crippen LogP contribution in [0.1, 0.15) is 45.1 Å². The van der Waals surface area contributed by atoms with Crippen molar-refractivity contribution in [3.8, 4) is 5.69 Å². The molecule has 2 aromatic heterocycles. The van der Waals surface area contributed by atoms with Gasteiger partial charge in [-0.2, -0.15) is 15.1 Å². The molecule has 8 nitrogen and oxygen atoms in total. The number of nitrogens with one attached hydrogen (secondary N) is 2. The van der Waals surface area contributed by atoms with E-state index in [1.54, 1.807) is 23.0 Å². The van der Waals surface area contributed by atoms with Crippen LogP contribution in [0.3, 0.4) is 0 Å². The summed E-state index contributed by atoms with van der Waals surface area (Å²) in [6, 6.07) is 6.43. The van der Waals surface area contributed by atoms with Crippen LogP contribution < -0.4 is 15.5 Å². The highest BCUT2D eigenvalue weighted by atomic mass is 19.3. The first-order valence-corrected chi connectivity index (χ1v) is 11.9. The van der Waals surface area contributed by atoms with Gasteiger partial charge in [0.2, 0.25) is 5.95 Å². The van der Waals surface area contributed by atoms with Crippen LogP contribution in [-0.4, -0.2) is 62.7 Å². The number of anilines is 2. The van der Waals surface area contributed by atoms with Crippen molar-refractivity contribution in [1.29, 1.82) is 0 Å². The van der Waals surface area contributed by atoms with Gasteiger partial charge in [-0.15, -0.1) is 0 Å². The molecule has 2 aliphatic rings. The van der Waals surface area contributed by atoms with Gasteiger partial charge in [-0.3, -0.25) is 0 Å². The molecule has 0 radical (unpaired) electrons. The van der Waals surface area contributed by atoms with E-state index in [1.807, 2.05) is 13.8 Å². The maximum absolute atomic E-state index is 13.3. The number of aliphatic hydroxyl groups is 1. The predicted octanol–water partition coefficient (Wildman–Crippen LogP) is 3.51. The Labute approximate surface area is 197 Å². The van der Waals surface area contributed by atoms with Gasteiger partial charge in [-0.25, -0.2) is 13.5 Å². The lowest BCUT2D eigenvalue weighted by atomic mass is 9.88. The smallest absolute Gasteiger partial charge is 0.263 e. The topological polar surface area (TPSA) is 91.1 Å². The Kier molecular flexibility index (Phi) is 6.11. The summed E-state index contributed by atoms with van der Waals surface area (Å²) in [5, 5.41) is 22.3. The van der Waals surface area contributed by atoms with Crippen molar-refractivity contribution in [2.75, 3.05) is 36.4 Å². The molecule has 182 valence electrons. The van der Waals surface area contributed by atoms with Gasteiger partial charge in [-0.1, -0.05) is 12.1 Å².